The topological polar surface area (TPSA) is 12.0 Å². The van der Waals surface area contributed by atoms with Crippen LogP contribution in [0.15, 0.2) is 0 Å². The van der Waals surface area contributed by atoms with Crippen LogP contribution < -0.4 is 5.32 Å². The van der Waals surface area contributed by atoms with Gasteiger partial charge in [-0.25, -0.2) is 0 Å². The van der Waals surface area contributed by atoms with Crippen LogP contribution in [0, 0.1) is 22.2 Å². The Hall–Kier alpha value is -0.0400. The van der Waals surface area contributed by atoms with Gasteiger partial charge in [-0.2, -0.15) is 0 Å². The van der Waals surface area contributed by atoms with Gasteiger partial charge in [-0.1, -0.05) is 41.0 Å². The minimum Gasteiger partial charge on any atom is -0.310 e. The SMILES string of the molecule is CC1(C)CCCC(NC2C3(C)CCC(C3)C2(C)C)CC1. The van der Waals surface area contributed by atoms with E-state index >= 15 is 0 Å². The monoisotopic (exact) mass is 277 g/mol. The third-order valence-electron chi connectivity index (χ3n) is 7.25. The smallest absolute Gasteiger partial charge is 0.0177 e. The first-order chi connectivity index (χ1) is 9.23. The summed E-state index contributed by atoms with van der Waals surface area (Å²) in [5, 5.41) is 4.16. The molecule has 4 unspecified atom stereocenters. The van der Waals surface area contributed by atoms with Crippen molar-refractivity contribution in [2.45, 2.75) is 98.1 Å². The van der Waals surface area contributed by atoms with Crippen molar-refractivity contribution < 1.29 is 0 Å². The lowest BCUT2D eigenvalue weighted by molar-refractivity contribution is 0.0955. The van der Waals surface area contributed by atoms with Crippen LogP contribution in [0.1, 0.15) is 86.0 Å². The van der Waals surface area contributed by atoms with Gasteiger partial charge in [0.2, 0.25) is 0 Å². The van der Waals surface area contributed by atoms with Gasteiger partial charge in [0.15, 0.2) is 0 Å². The number of fused-ring (bicyclic) bond motifs is 2. The summed E-state index contributed by atoms with van der Waals surface area (Å²) in [7, 11) is 0. The number of hydrogen-bond donors (Lipinski definition) is 1. The van der Waals surface area contributed by atoms with Crippen molar-refractivity contribution in [2.24, 2.45) is 22.2 Å². The zero-order valence-corrected chi connectivity index (χ0v) is 14.4. The average Bonchev–Trinajstić information content (AvgIpc) is 2.74. The third kappa shape index (κ3) is 2.45. The lowest BCUT2D eigenvalue weighted by Gasteiger charge is -2.45. The summed E-state index contributed by atoms with van der Waals surface area (Å²) >= 11 is 0. The van der Waals surface area contributed by atoms with Crippen molar-refractivity contribution in [2.75, 3.05) is 0 Å². The highest BCUT2D eigenvalue weighted by Gasteiger charge is 2.59. The van der Waals surface area contributed by atoms with Crippen LogP contribution in [0.25, 0.3) is 0 Å². The van der Waals surface area contributed by atoms with Crippen LogP contribution in [0.3, 0.4) is 0 Å². The van der Waals surface area contributed by atoms with Gasteiger partial charge in [0, 0.05) is 12.1 Å². The van der Waals surface area contributed by atoms with Gasteiger partial charge in [-0.15, -0.1) is 0 Å². The standard InChI is InChI=1S/C19H35N/c1-17(2)10-6-7-15(9-11-17)20-16-18(3,4)14-8-12-19(16,5)13-14/h14-16,20H,6-13H2,1-5H3. The molecule has 2 bridgehead atoms. The first-order valence-electron chi connectivity index (χ1n) is 8.99. The molecule has 1 heteroatoms. The van der Waals surface area contributed by atoms with Crippen LogP contribution in [0.2, 0.25) is 0 Å². The van der Waals surface area contributed by atoms with E-state index in [1.807, 2.05) is 0 Å². The average molecular weight is 277 g/mol. The maximum atomic E-state index is 4.16. The molecule has 4 atom stereocenters. The van der Waals surface area contributed by atoms with Gasteiger partial charge in [0.05, 0.1) is 0 Å². The molecule has 0 radical (unpaired) electrons. The second-order valence-corrected chi connectivity index (χ2v) is 9.81. The Kier molecular flexibility index (Phi) is 3.52. The quantitative estimate of drug-likeness (QED) is 0.688. The highest BCUT2D eigenvalue weighted by atomic mass is 15.0. The summed E-state index contributed by atoms with van der Waals surface area (Å²) in [5.41, 5.74) is 1.66. The zero-order valence-electron chi connectivity index (χ0n) is 14.4. The first kappa shape index (κ1) is 14.9. The van der Waals surface area contributed by atoms with Crippen molar-refractivity contribution in [3.8, 4) is 0 Å². The summed E-state index contributed by atoms with van der Waals surface area (Å²) in [4.78, 5) is 0. The predicted octanol–water partition coefficient (Wildman–Crippen LogP) is 5.15. The van der Waals surface area contributed by atoms with E-state index in [4.69, 9.17) is 0 Å². The Morgan fingerprint density at radius 3 is 2.25 bits per heavy atom. The van der Waals surface area contributed by atoms with Crippen LogP contribution in [-0.2, 0) is 0 Å². The van der Waals surface area contributed by atoms with Gasteiger partial charge in [0.1, 0.15) is 0 Å². The molecule has 3 aliphatic carbocycles. The minimum atomic E-state index is 0.509. The van der Waals surface area contributed by atoms with Crippen LogP contribution in [-0.4, -0.2) is 12.1 Å². The van der Waals surface area contributed by atoms with Crippen molar-refractivity contribution in [1.82, 2.24) is 5.32 Å². The Morgan fingerprint density at radius 1 is 0.850 bits per heavy atom. The molecule has 0 heterocycles. The highest BCUT2D eigenvalue weighted by molar-refractivity contribution is 5.12. The molecule has 3 fully saturated rings. The van der Waals surface area contributed by atoms with Crippen molar-refractivity contribution in [3.63, 3.8) is 0 Å². The fraction of sp³-hybridized carbons (Fsp3) is 1.00. The van der Waals surface area contributed by atoms with Crippen LogP contribution in [0.5, 0.6) is 0 Å². The van der Waals surface area contributed by atoms with Gasteiger partial charge in [0.25, 0.3) is 0 Å². The molecule has 0 aliphatic heterocycles. The van der Waals surface area contributed by atoms with Gasteiger partial charge < -0.3 is 5.32 Å². The highest BCUT2D eigenvalue weighted by Crippen LogP contribution is 2.62. The number of rotatable bonds is 2. The molecule has 0 aromatic rings. The fourth-order valence-corrected chi connectivity index (χ4v) is 5.78. The van der Waals surface area contributed by atoms with E-state index in [0.29, 0.717) is 16.2 Å². The molecule has 0 aromatic carbocycles. The normalized spacial score (nSPS) is 46.4. The molecule has 116 valence electrons. The molecule has 3 rings (SSSR count). The lowest BCUT2D eigenvalue weighted by atomic mass is 9.68. The third-order valence-corrected chi connectivity index (χ3v) is 7.25. The van der Waals surface area contributed by atoms with E-state index < -0.39 is 0 Å². The Bertz CT molecular complexity index is 365. The second-order valence-electron chi connectivity index (χ2n) is 9.81. The summed E-state index contributed by atoms with van der Waals surface area (Å²) in [6, 6.07) is 1.53. The molecular weight excluding hydrogens is 242 g/mol. The minimum absolute atomic E-state index is 0.509. The van der Waals surface area contributed by atoms with Crippen molar-refractivity contribution in [3.05, 3.63) is 0 Å². The largest absolute Gasteiger partial charge is 0.310 e. The summed E-state index contributed by atoms with van der Waals surface area (Å²) in [6.07, 6.45) is 11.4. The van der Waals surface area contributed by atoms with E-state index in [0.717, 1.165) is 18.0 Å². The summed E-state index contributed by atoms with van der Waals surface area (Å²) in [6.45, 7) is 12.5. The summed E-state index contributed by atoms with van der Waals surface area (Å²) in [5.74, 6) is 0.965. The molecular formula is C19H35N. The first-order valence-corrected chi connectivity index (χ1v) is 8.99. The lowest BCUT2D eigenvalue weighted by Crippen LogP contribution is -2.53. The van der Waals surface area contributed by atoms with E-state index in [-0.39, 0.29) is 0 Å². The maximum Gasteiger partial charge on any atom is 0.0177 e. The number of nitrogens with one attached hydrogen (secondary N) is 1. The second kappa shape index (κ2) is 4.73. The molecule has 0 saturated heterocycles. The van der Waals surface area contributed by atoms with E-state index in [9.17, 15) is 0 Å². The van der Waals surface area contributed by atoms with Crippen LogP contribution >= 0.6 is 0 Å². The molecule has 1 N–H and O–H groups in total. The van der Waals surface area contributed by atoms with E-state index in [1.54, 1.807) is 0 Å². The summed E-state index contributed by atoms with van der Waals surface area (Å²) < 4.78 is 0. The Balaban J connectivity index is 1.68. The number of hydrogen-bond acceptors (Lipinski definition) is 1. The molecule has 3 saturated carbocycles. The Morgan fingerprint density at radius 2 is 1.60 bits per heavy atom. The van der Waals surface area contributed by atoms with Gasteiger partial charge >= 0.3 is 0 Å². The van der Waals surface area contributed by atoms with E-state index in [1.165, 1.54) is 51.4 Å². The van der Waals surface area contributed by atoms with Gasteiger partial charge in [-0.3, -0.25) is 0 Å². The van der Waals surface area contributed by atoms with E-state index in [2.05, 4.69) is 39.9 Å². The molecule has 3 aliphatic rings. The molecule has 0 aromatic heterocycles. The molecule has 0 spiro atoms. The molecule has 0 amide bonds. The molecule has 20 heavy (non-hydrogen) atoms. The van der Waals surface area contributed by atoms with Gasteiger partial charge in [-0.05, 0) is 67.1 Å². The zero-order chi connectivity index (χ0) is 14.6. The predicted molar refractivity (Wildman–Crippen MR) is 86.8 cm³/mol. The fourth-order valence-electron chi connectivity index (χ4n) is 5.78. The maximum absolute atomic E-state index is 4.16. The molecule has 1 nitrogen and oxygen atoms in total. The Labute approximate surface area is 126 Å². The van der Waals surface area contributed by atoms with Crippen molar-refractivity contribution in [1.29, 1.82) is 0 Å². The van der Waals surface area contributed by atoms with Crippen molar-refractivity contribution >= 4 is 0 Å². The van der Waals surface area contributed by atoms with Crippen LogP contribution in [0.4, 0.5) is 0 Å².